The molecule has 84 valence electrons. The summed E-state index contributed by atoms with van der Waals surface area (Å²) in [5.74, 6) is 0.949. The average Bonchev–Trinajstić information content (AvgIpc) is 2.76. The van der Waals surface area contributed by atoms with Gasteiger partial charge in [0.25, 0.3) is 0 Å². The Labute approximate surface area is 99.7 Å². The lowest BCUT2D eigenvalue weighted by Crippen LogP contribution is -1.94. The van der Waals surface area contributed by atoms with Crippen molar-refractivity contribution < 1.29 is 4.74 Å². The first-order valence-electron chi connectivity index (χ1n) is 5.25. The summed E-state index contributed by atoms with van der Waals surface area (Å²) in [6, 6.07) is 12.2. The second-order valence-electron chi connectivity index (χ2n) is 3.63. The summed E-state index contributed by atoms with van der Waals surface area (Å²) < 4.78 is 5.75. The Bertz CT molecular complexity index is 464. The first-order chi connectivity index (χ1) is 7.79. The van der Waals surface area contributed by atoms with Crippen LogP contribution in [0.5, 0.6) is 5.75 Å². The number of hydrogen-bond donors (Lipinski definition) is 1. The van der Waals surface area contributed by atoms with E-state index in [4.69, 9.17) is 10.5 Å². The van der Waals surface area contributed by atoms with Crippen LogP contribution in [0, 0.1) is 6.92 Å². The van der Waals surface area contributed by atoms with Gasteiger partial charge in [-0.25, -0.2) is 0 Å². The van der Waals surface area contributed by atoms with Crippen molar-refractivity contribution in [3.63, 3.8) is 0 Å². The van der Waals surface area contributed by atoms with Crippen LogP contribution < -0.4 is 10.5 Å². The molecule has 3 heteroatoms. The van der Waals surface area contributed by atoms with Crippen LogP contribution in [0.1, 0.15) is 15.3 Å². The van der Waals surface area contributed by atoms with Crippen LogP contribution in [0.25, 0.3) is 0 Å². The van der Waals surface area contributed by atoms with Crippen molar-refractivity contribution in [1.82, 2.24) is 0 Å². The van der Waals surface area contributed by atoms with Crippen molar-refractivity contribution in [2.45, 2.75) is 20.1 Å². The normalized spacial score (nSPS) is 10.4. The third-order valence-corrected chi connectivity index (χ3v) is 3.46. The van der Waals surface area contributed by atoms with Gasteiger partial charge in [0, 0.05) is 16.3 Å². The van der Waals surface area contributed by atoms with E-state index >= 15 is 0 Å². The highest BCUT2D eigenvalue weighted by Crippen LogP contribution is 2.21. The van der Waals surface area contributed by atoms with Crippen molar-refractivity contribution in [3.05, 3.63) is 51.7 Å². The third-order valence-electron chi connectivity index (χ3n) is 2.38. The summed E-state index contributed by atoms with van der Waals surface area (Å²) in [4.78, 5) is 2.41. The van der Waals surface area contributed by atoms with Gasteiger partial charge in [-0.1, -0.05) is 18.2 Å². The van der Waals surface area contributed by atoms with Crippen LogP contribution >= 0.6 is 11.3 Å². The molecule has 2 N–H and O–H groups in total. The summed E-state index contributed by atoms with van der Waals surface area (Å²) in [5, 5.41) is 0. The molecule has 1 heterocycles. The van der Waals surface area contributed by atoms with Crippen molar-refractivity contribution in [2.75, 3.05) is 0 Å². The minimum atomic E-state index is 0.606. The number of rotatable bonds is 4. The largest absolute Gasteiger partial charge is 0.488 e. The monoisotopic (exact) mass is 233 g/mol. The number of para-hydroxylation sites is 1. The Balaban J connectivity index is 1.99. The Morgan fingerprint density at radius 3 is 2.56 bits per heavy atom. The van der Waals surface area contributed by atoms with Gasteiger partial charge < -0.3 is 10.5 Å². The lowest BCUT2D eigenvalue weighted by Gasteiger charge is -2.06. The molecule has 0 amide bonds. The van der Waals surface area contributed by atoms with Crippen LogP contribution in [-0.4, -0.2) is 0 Å². The molecule has 0 spiro atoms. The van der Waals surface area contributed by atoms with Gasteiger partial charge in [0.2, 0.25) is 0 Å². The molecule has 0 fully saturated rings. The zero-order valence-electron chi connectivity index (χ0n) is 9.27. The Morgan fingerprint density at radius 2 is 1.88 bits per heavy atom. The number of aryl methyl sites for hydroxylation is 1. The van der Waals surface area contributed by atoms with E-state index < -0.39 is 0 Å². The van der Waals surface area contributed by atoms with Gasteiger partial charge >= 0.3 is 0 Å². The van der Waals surface area contributed by atoms with Crippen LogP contribution in [0.2, 0.25) is 0 Å². The third kappa shape index (κ3) is 2.62. The van der Waals surface area contributed by atoms with Crippen LogP contribution in [0.3, 0.4) is 0 Å². The molecule has 2 nitrogen and oxygen atoms in total. The molecule has 0 bridgehead atoms. The predicted molar refractivity (Wildman–Crippen MR) is 67.7 cm³/mol. The standard InChI is InChI=1S/C13H15NOS/c1-10-4-2-3-5-13(10)15-9-12-7-6-11(8-14)16-12/h2-7H,8-9,14H2,1H3. The van der Waals surface area contributed by atoms with E-state index in [0.29, 0.717) is 13.2 Å². The van der Waals surface area contributed by atoms with Gasteiger partial charge in [-0.15, -0.1) is 11.3 Å². The SMILES string of the molecule is Cc1ccccc1OCc1ccc(CN)s1. The van der Waals surface area contributed by atoms with Crippen molar-refractivity contribution >= 4 is 11.3 Å². The molecular weight excluding hydrogens is 218 g/mol. The number of thiophene rings is 1. The first kappa shape index (κ1) is 11.2. The van der Waals surface area contributed by atoms with Gasteiger partial charge in [-0.3, -0.25) is 0 Å². The summed E-state index contributed by atoms with van der Waals surface area (Å²) in [6.45, 7) is 3.28. The molecule has 2 aromatic rings. The van der Waals surface area contributed by atoms with Crippen LogP contribution in [-0.2, 0) is 13.2 Å². The summed E-state index contributed by atoms with van der Waals surface area (Å²) in [5.41, 5.74) is 6.73. The van der Waals surface area contributed by atoms with Gasteiger partial charge in [0.05, 0.1) is 0 Å². The highest BCUT2D eigenvalue weighted by molar-refractivity contribution is 7.11. The van der Waals surface area contributed by atoms with Crippen molar-refractivity contribution in [3.8, 4) is 5.75 Å². The Kier molecular flexibility index (Phi) is 3.59. The molecule has 0 saturated heterocycles. The minimum Gasteiger partial charge on any atom is -0.488 e. The molecule has 0 aliphatic heterocycles. The molecule has 16 heavy (non-hydrogen) atoms. The molecule has 0 radical (unpaired) electrons. The number of ether oxygens (including phenoxy) is 1. The molecule has 1 aromatic heterocycles. The quantitative estimate of drug-likeness (QED) is 0.880. The fraction of sp³-hybridized carbons (Fsp3) is 0.231. The highest BCUT2D eigenvalue weighted by Gasteiger charge is 2.01. The van der Waals surface area contributed by atoms with E-state index in [0.717, 1.165) is 11.3 Å². The number of benzene rings is 1. The number of nitrogens with two attached hydrogens (primary N) is 1. The maximum absolute atomic E-state index is 5.75. The highest BCUT2D eigenvalue weighted by atomic mass is 32.1. The summed E-state index contributed by atoms with van der Waals surface area (Å²) in [6.07, 6.45) is 0. The number of hydrogen-bond acceptors (Lipinski definition) is 3. The van der Waals surface area contributed by atoms with E-state index in [2.05, 4.69) is 25.1 Å². The maximum Gasteiger partial charge on any atom is 0.122 e. The summed E-state index contributed by atoms with van der Waals surface area (Å²) in [7, 11) is 0. The van der Waals surface area contributed by atoms with Crippen LogP contribution in [0.4, 0.5) is 0 Å². The first-order valence-corrected chi connectivity index (χ1v) is 6.07. The fourth-order valence-corrected chi connectivity index (χ4v) is 2.29. The molecule has 0 atom stereocenters. The molecule has 2 rings (SSSR count). The minimum absolute atomic E-state index is 0.606. The smallest absolute Gasteiger partial charge is 0.122 e. The van der Waals surface area contributed by atoms with Crippen LogP contribution in [0.15, 0.2) is 36.4 Å². The van der Waals surface area contributed by atoms with Gasteiger partial charge in [0.1, 0.15) is 12.4 Å². The zero-order valence-corrected chi connectivity index (χ0v) is 10.1. The van der Waals surface area contributed by atoms with Crippen molar-refractivity contribution in [1.29, 1.82) is 0 Å². The second-order valence-corrected chi connectivity index (χ2v) is 4.88. The Morgan fingerprint density at radius 1 is 1.12 bits per heavy atom. The van der Waals surface area contributed by atoms with Gasteiger partial charge in [-0.05, 0) is 30.7 Å². The van der Waals surface area contributed by atoms with E-state index in [1.54, 1.807) is 11.3 Å². The molecule has 0 aliphatic rings. The summed E-state index contributed by atoms with van der Waals surface area (Å²) >= 11 is 1.71. The predicted octanol–water partition coefficient (Wildman–Crippen LogP) is 3.09. The molecule has 0 aliphatic carbocycles. The zero-order chi connectivity index (χ0) is 11.4. The van der Waals surface area contributed by atoms with E-state index in [9.17, 15) is 0 Å². The maximum atomic E-state index is 5.75. The lowest BCUT2D eigenvalue weighted by molar-refractivity contribution is 0.307. The van der Waals surface area contributed by atoms with E-state index in [1.807, 2.05) is 18.2 Å². The van der Waals surface area contributed by atoms with E-state index in [1.165, 1.54) is 9.75 Å². The molecular formula is C13H15NOS. The topological polar surface area (TPSA) is 35.2 Å². The molecule has 0 unspecified atom stereocenters. The second kappa shape index (κ2) is 5.14. The van der Waals surface area contributed by atoms with Crippen molar-refractivity contribution in [2.24, 2.45) is 5.73 Å². The molecule has 0 saturated carbocycles. The van der Waals surface area contributed by atoms with Gasteiger partial charge in [0.15, 0.2) is 0 Å². The average molecular weight is 233 g/mol. The van der Waals surface area contributed by atoms with E-state index in [-0.39, 0.29) is 0 Å². The Hall–Kier alpha value is -1.32. The fourth-order valence-electron chi connectivity index (χ4n) is 1.48. The molecule has 1 aromatic carbocycles. The lowest BCUT2D eigenvalue weighted by atomic mass is 10.2. The van der Waals surface area contributed by atoms with Gasteiger partial charge in [-0.2, -0.15) is 0 Å².